The first-order valence-electron chi connectivity index (χ1n) is 8.07. The molecule has 118 valence electrons. The molecule has 4 heteroatoms. The Morgan fingerprint density at radius 2 is 1.65 bits per heavy atom. The molecule has 3 nitrogen and oxygen atoms in total. The van der Waals surface area contributed by atoms with Crippen molar-refractivity contribution in [2.75, 3.05) is 12.9 Å². The predicted octanol–water partition coefficient (Wildman–Crippen LogP) is 4.44. The van der Waals surface area contributed by atoms with E-state index in [1.54, 1.807) is 0 Å². The van der Waals surface area contributed by atoms with Gasteiger partial charge in [-0.15, -0.1) is 0 Å². The Morgan fingerprint density at radius 1 is 1.00 bits per heavy atom. The standard InChI is InChI=1S/C16H30O3S/c1-20(17,18)19-15-11-7-5-3-2-4-6-8-12-16-13-9-10-14-16/h2,4,16H,3,5-15H2,1H3/b4-2-. The second kappa shape index (κ2) is 10.4. The highest BCUT2D eigenvalue weighted by Gasteiger charge is 2.13. The van der Waals surface area contributed by atoms with Gasteiger partial charge in [0, 0.05) is 0 Å². The van der Waals surface area contributed by atoms with Crippen molar-refractivity contribution in [3.8, 4) is 0 Å². The van der Waals surface area contributed by atoms with Crippen molar-refractivity contribution in [3.05, 3.63) is 12.2 Å². The number of unbranched alkanes of at least 4 members (excludes halogenated alkanes) is 4. The zero-order valence-electron chi connectivity index (χ0n) is 12.9. The normalized spacial score (nSPS) is 17.2. The second-order valence-electron chi connectivity index (χ2n) is 5.93. The molecule has 0 amide bonds. The number of hydrogen-bond acceptors (Lipinski definition) is 3. The monoisotopic (exact) mass is 302 g/mol. The maximum Gasteiger partial charge on any atom is 0.264 e. The van der Waals surface area contributed by atoms with Crippen LogP contribution < -0.4 is 0 Å². The lowest BCUT2D eigenvalue weighted by Crippen LogP contribution is -2.03. The SMILES string of the molecule is CS(=O)(=O)OCCCCC/C=C\CCCC1CCCC1. The molecule has 0 spiro atoms. The number of rotatable bonds is 11. The highest BCUT2D eigenvalue weighted by Crippen LogP contribution is 2.28. The van der Waals surface area contributed by atoms with Gasteiger partial charge in [-0.1, -0.05) is 50.7 Å². The van der Waals surface area contributed by atoms with Gasteiger partial charge in [-0.25, -0.2) is 0 Å². The molecule has 0 unspecified atom stereocenters. The molecule has 1 fully saturated rings. The average molecular weight is 302 g/mol. The second-order valence-corrected chi connectivity index (χ2v) is 7.57. The van der Waals surface area contributed by atoms with Crippen LogP contribution in [-0.4, -0.2) is 21.3 Å². The molecule has 0 aromatic carbocycles. The topological polar surface area (TPSA) is 43.4 Å². The summed E-state index contributed by atoms with van der Waals surface area (Å²) in [5, 5.41) is 0. The molecular formula is C16H30O3S. The van der Waals surface area contributed by atoms with Crippen LogP contribution in [0.1, 0.15) is 70.6 Å². The largest absolute Gasteiger partial charge is 0.270 e. The number of allylic oxidation sites excluding steroid dienone is 2. The zero-order chi connectivity index (χ0) is 14.7. The molecule has 0 aliphatic heterocycles. The van der Waals surface area contributed by atoms with Gasteiger partial charge in [0.2, 0.25) is 0 Å². The molecule has 0 N–H and O–H groups in total. The fourth-order valence-corrected chi connectivity index (χ4v) is 3.23. The summed E-state index contributed by atoms with van der Waals surface area (Å²) in [5.41, 5.74) is 0. The van der Waals surface area contributed by atoms with Gasteiger partial charge in [0.25, 0.3) is 10.1 Å². The van der Waals surface area contributed by atoms with Crippen LogP contribution >= 0.6 is 0 Å². The van der Waals surface area contributed by atoms with E-state index in [0.29, 0.717) is 6.61 Å². The highest BCUT2D eigenvalue weighted by atomic mass is 32.2. The lowest BCUT2D eigenvalue weighted by Gasteiger charge is -2.06. The van der Waals surface area contributed by atoms with Crippen LogP contribution in [0.15, 0.2) is 12.2 Å². The van der Waals surface area contributed by atoms with E-state index < -0.39 is 10.1 Å². The van der Waals surface area contributed by atoms with E-state index in [0.717, 1.165) is 37.9 Å². The molecule has 0 radical (unpaired) electrons. The van der Waals surface area contributed by atoms with Gasteiger partial charge < -0.3 is 0 Å². The van der Waals surface area contributed by atoms with Crippen LogP contribution in [0.3, 0.4) is 0 Å². The summed E-state index contributed by atoms with van der Waals surface area (Å²) in [7, 11) is -3.25. The average Bonchev–Trinajstić information content (AvgIpc) is 2.87. The summed E-state index contributed by atoms with van der Waals surface area (Å²) >= 11 is 0. The first kappa shape index (κ1) is 17.7. The highest BCUT2D eigenvalue weighted by molar-refractivity contribution is 7.85. The van der Waals surface area contributed by atoms with Crippen LogP contribution in [0, 0.1) is 5.92 Å². The lowest BCUT2D eigenvalue weighted by atomic mass is 10.0. The molecule has 1 rings (SSSR count). The smallest absolute Gasteiger partial charge is 0.264 e. The quantitative estimate of drug-likeness (QED) is 0.322. The van der Waals surface area contributed by atoms with E-state index in [1.165, 1.54) is 44.9 Å². The molecule has 0 atom stereocenters. The van der Waals surface area contributed by atoms with E-state index >= 15 is 0 Å². The van der Waals surface area contributed by atoms with Gasteiger partial charge in [0.15, 0.2) is 0 Å². The maximum absolute atomic E-state index is 10.7. The maximum atomic E-state index is 10.7. The van der Waals surface area contributed by atoms with Crippen LogP contribution in [0.2, 0.25) is 0 Å². The van der Waals surface area contributed by atoms with E-state index in [9.17, 15) is 8.42 Å². The molecule has 0 heterocycles. The summed E-state index contributed by atoms with van der Waals surface area (Å²) in [6, 6.07) is 0. The van der Waals surface area contributed by atoms with Gasteiger partial charge >= 0.3 is 0 Å². The summed E-state index contributed by atoms with van der Waals surface area (Å²) in [4.78, 5) is 0. The van der Waals surface area contributed by atoms with Crippen LogP contribution in [0.4, 0.5) is 0 Å². The van der Waals surface area contributed by atoms with Gasteiger partial charge in [-0.2, -0.15) is 8.42 Å². The summed E-state index contributed by atoms with van der Waals surface area (Å²) in [6.07, 6.45) is 19.5. The van der Waals surface area contributed by atoms with Crippen molar-refractivity contribution < 1.29 is 12.6 Å². The Labute approximate surface area is 124 Å². The Balaban J connectivity index is 1.82. The molecule has 0 saturated heterocycles. The van der Waals surface area contributed by atoms with Crippen LogP contribution in [0.25, 0.3) is 0 Å². The predicted molar refractivity (Wildman–Crippen MR) is 84.2 cm³/mol. The molecule has 0 aromatic rings. The molecule has 0 aromatic heterocycles. The number of hydrogen-bond donors (Lipinski definition) is 0. The van der Waals surface area contributed by atoms with E-state index in [4.69, 9.17) is 4.18 Å². The summed E-state index contributed by atoms with van der Waals surface area (Å²) in [5.74, 6) is 1.01. The van der Waals surface area contributed by atoms with Crippen molar-refractivity contribution in [1.82, 2.24) is 0 Å². The van der Waals surface area contributed by atoms with Crippen LogP contribution in [0.5, 0.6) is 0 Å². The van der Waals surface area contributed by atoms with Crippen molar-refractivity contribution in [3.63, 3.8) is 0 Å². The third-order valence-electron chi connectivity index (χ3n) is 3.94. The van der Waals surface area contributed by atoms with Gasteiger partial charge in [-0.3, -0.25) is 4.18 Å². The zero-order valence-corrected chi connectivity index (χ0v) is 13.7. The minimum Gasteiger partial charge on any atom is -0.270 e. The molecule has 0 bridgehead atoms. The summed E-state index contributed by atoms with van der Waals surface area (Å²) < 4.78 is 26.1. The molecule has 1 saturated carbocycles. The molecular weight excluding hydrogens is 272 g/mol. The van der Waals surface area contributed by atoms with E-state index in [2.05, 4.69) is 12.2 Å². The van der Waals surface area contributed by atoms with Crippen molar-refractivity contribution in [1.29, 1.82) is 0 Å². The van der Waals surface area contributed by atoms with E-state index in [1.807, 2.05) is 0 Å². The van der Waals surface area contributed by atoms with Gasteiger partial charge in [0.05, 0.1) is 12.9 Å². The molecule has 1 aliphatic rings. The fourth-order valence-electron chi connectivity index (χ4n) is 2.81. The lowest BCUT2D eigenvalue weighted by molar-refractivity contribution is 0.310. The van der Waals surface area contributed by atoms with Gasteiger partial charge in [0.1, 0.15) is 0 Å². The molecule has 20 heavy (non-hydrogen) atoms. The molecule has 1 aliphatic carbocycles. The van der Waals surface area contributed by atoms with Gasteiger partial charge in [-0.05, 0) is 38.0 Å². The van der Waals surface area contributed by atoms with E-state index in [-0.39, 0.29) is 0 Å². The van der Waals surface area contributed by atoms with Crippen molar-refractivity contribution in [2.45, 2.75) is 70.6 Å². The third-order valence-corrected chi connectivity index (χ3v) is 4.53. The van der Waals surface area contributed by atoms with Crippen molar-refractivity contribution in [2.24, 2.45) is 5.92 Å². The Morgan fingerprint density at radius 3 is 2.30 bits per heavy atom. The fraction of sp³-hybridized carbons (Fsp3) is 0.875. The Hall–Kier alpha value is -0.350. The van der Waals surface area contributed by atoms with Crippen LogP contribution in [-0.2, 0) is 14.3 Å². The third kappa shape index (κ3) is 10.4. The minimum absolute atomic E-state index is 0.323. The van der Waals surface area contributed by atoms with Crippen molar-refractivity contribution >= 4 is 10.1 Å². The summed E-state index contributed by atoms with van der Waals surface area (Å²) in [6.45, 7) is 0.323. The Kier molecular flexibility index (Phi) is 9.19. The Bertz CT molecular complexity index is 354. The minimum atomic E-state index is -3.25. The first-order chi connectivity index (χ1) is 9.58. The first-order valence-corrected chi connectivity index (χ1v) is 9.89.